The van der Waals surface area contributed by atoms with Gasteiger partial charge in [-0.1, -0.05) is 19.4 Å². The van der Waals surface area contributed by atoms with Crippen molar-refractivity contribution in [1.29, 1.82) is 0 Å². The van der Waals surface area contributed by atoms with Crippen molar-refractivity contribution in [2.75, 3.05) is 13.1 Å². The molecule has 0 spiro atoms. The second-order valence-electron chi connectivity index (χ2n) is 6.28. The quantitative estimate of drug-likeness (QED) is 0.916. The maximum atomic E-state index is 13.2. The molecule has 1 aromatic rings. The van der Waals surface area contributed by atoms with Gasteiger partial charge in [-0.15, -0.1) is 0 Å². The molecule has 1 aromatic heterocycles. The fraction of sp³-hybridized carbons (Fsp3) is 0.647. The van der Waals surface area contributed by atoms with Gasteiger partial charge in [-0.25, -0.2) is 0 Å². The minimum absolute atomic E-state index is 0.0517. The highest BCUT2D eigenvalue weighted by Crippen LogP contribution is 2.43. The topological polar surface area (TPSA) is 42.0 Å². The zero-order valence-corrected chi connectivity index (χ0v) is 12.3. The van der Waals surface area contributed by atoms with Crippen LogP contribution in [0.3, 0.4) is 0 Å². The fourth-order valence-corrected chi connectivity index (χ4v) is 4.04. The van der Waals surface area contributed by atoms with Gasteiger partial charge in [0.25, 0.3) is 0 Å². The maximum Gasteiger partial charge on any atom is 0.148 e. The Labute approximate surface area is 121 Å². The van der Waals surface area contributed by atoms with E-state index in [1.54, 1.807) is 0 Å². The molecule has 20 heavy (non-hydrogen) atoms. The normalized spacial score (nSPS) is 24.4. The van der Waals surface area contributed by atoms with E-state index in [0.29, 0.717) is 5.78 Å². The Morgan fingerprint density at radius 1 is 1.45 bits per heavy atom. The molecule has 1 aliphatic carbocycles. The van der Waals surface area contributed by atoms with Crippen molar-refractivity contribution in [3.8, 4) is 0 Å². The van der Waals surface area contributed by atoms with E-state index in [2.05, 4.69) is 23.3 Å². The van der Waals surface area contributed by atoms with Gasteiger partial charge < -0.3 is 5.32 Å². The molecule has 1 fully saturated rings. The van der Waals surface area contributed by atoms with E-state index in [1.165, 1.54) is 5.56 Å². The minimum Gasteiger partial charge on any atom is -0.317 e. The predicted octanol–water partition coefficient (Wildman–Crippen LogP) is 2.85. The number of nitrogens with one attached hydrogen (secondary N) is 1. The van der Waals surface area contributed by atoms with Crippen molar-refractivity contribution in [2.24, 2.45) is 5.41 Å². The lowest BCUT2D eigenvalue weighted by Crippen LogP contribution is -2.44. The molecule has 0 amide bonds. The number of piperidine rings is 1. The molecule has 3 nitrogen and oxygen atoms in total. The maximum absolute atomic E-state index is 13.2. The zero-order chi connectivity index (χ0) is 14.0. The van der Waals surface area contributed by atoms with Crippen LogP contribution < -0.4 is 5.32 Å². The lowest BCUT2D eigenvalue weighted by atomic mass is 9.68. The number of aryl methyl sites for hydroxylation is 1. The van der Waals surface area contributed by atoms with Crippen LogP contribution in [-0.2, 0) is 11.2 Å². The zero-order valence-electron chi connectivity index (χ0n) is 12.3. The van der Waals surface area contributed by atoms with E-state index in [-0.39, 0.29) is 11.3 Å². The van der Waals surface area contributed by atoms with E-state index >= 15 is 0 Å². The van der Waals surface area contributed by atoms with Crippen molar-refractivity contribution in [3.63, 3.8) is 0 Å². The molecule has 3 heteroatoms. The molecule has 2 heterocycles. The Bertz CT molecular complexity index is 486. The van der Waals surface area contributed by atoms with Gasteiger partial charge in [0.1, 0.15) is 5.78 Å². The third kappa shape index (κ3) is 2.28. The van der Waals surface area contributed by atoms with E-state index in [4.69, 9.17) is 0 Å². The van der Waals surface area contributed by atoms with Gasteiger partial charge >= 0.3 is 0 Å². The Balaban J connectivity index is 1.87. The smallest absolute Gasteiger partial charge is 0.148 e. The van der Waals surface area contributed by atoms with E-state index in [0.717, 1.165) is 57.3 Å². The van der Waals surface area contributed by atoms with Gasteiger partial charge in [0.05, 0.1) is 11.6 Å². The van der Waals surface area contributed by atoms with Crippen LogP contribution in [-0.4, -0.2) is 23.9 Å². The predicted molar refractivity (Wildman–Crippen MR) is 79.8 cm³/mol. The molecular formula is C17H24N2O. The number of Topliss-reactive ketones (excluding diaryl/α,β-unsaturated/α-hetero) is 1. The standard InChI is InChI=1S/C17H24N2O/c1-2-7-17(8-11-18-12-9-17)16(20)14-6-5-13-4-3-10-19-15(13)14/h3-4,10,14,18H,2,5-9,11-12H2,1H3. The molecule has 0 bridgehead atoms. The first kappa shape index (κ1) is 13.7. The monoisotopic (exact) mass is 272 g/mol. The van der Waals surface area contributed by atoms with Crippen LogP contribution in [0.1, 0.15) is 56.2 Å². The first-order valence-corrected chi connectivity index (χ1v) is 7.96. The molecule has 2 aliphatic rings. The van der Waals surface area contributed by atoms with Crippen molar-refractivity contribution in [2.45, 2.75) is 51.4 Å². The second kappa shape index (κ2) is 5.65. The highest BCUT2D eigenvalue weighted by molar-refractivity contribution is 5.91. The Kier molecular flexibility index (Phi) is 3.88. The first-order valence-electron chi connectivity index (χ1n) is 7.96. The van der Waals surface area contributed by atoms with Crippen LogP contribution in [0, 0.1) is 5.41 Å². The van der Waals surface area contributed by atoms with Crippen LogP contribution in [0.2, 0.25) is 0 Å². The first-order chi connectivity index (χ1) is 9.77. The molecule has 108 valence electrons. The number of carbonyl (C=O) groups is 1. The lowest BCUT2D eigenvalue weighted by Gasteiger charge is -2.38. The van der Waals surface area contributed by atoms with Crippen molar-refractivity contribution in [3.05, 3.63) is 29.6 Å². The number of hydrogen-bond donors (Lipinski definition) is 1. The van der Waals surface area contributed by atoms with E-state index in [9.17, 15) is 4.79 Å². The Morgan fingerprint density at radius 3 is 3.00 bits per heavy atom. The summed E-state index contributed by atoms with van der Waals surface area (Å²) in [5, 5.41) is 3.39. The number of carbonyl (C=O) groups excluding carboxylic acids is 1. The summed E-state index contributed by atoms with van der Waals surface area (Å²) in [5.74, 6) is 0.522. The van der Waals surface area contributed by atoms with E-state index < -0.39 is 0 Å². The number of nitrogens with zero attached hydrogens (tertiary/aromatic N) is 1. The fourth-order valence-electron chi connectivity index (χ4n) is 4.04. The summed E-state index contributed by atoms with van der Waals surface area (Å²) in [5.41, 5.74) is 2.25. The van der Waals surface area contributed by atoms with Gasteiger partial charge in [0, 0.05) is 11.6 Å². The number of ketones is 1. The highest BCUT2D eigenvalue weighted by atomic mass is 16.1. The summed E-state index contributed by atoms with van der Waals surface area (Å²) in [4.78, 5) is 17.7. The Morgan fingerprint density at radius 2 is 2.25 bits per heavy atom. The van der Waals surface area contributed by atoms with Gasteiger partial charge in [0.2, 0.25) is 0 Å². The molecular weight excluding hydrogens is 248 g/mol. The number of fused-ring (bicyclic) bond motifs is 1. The number of pyridine rings is 1. The SMILES string of the molecule is CCCC1(C(=O)C2CCc3cccnc32)CCNCC1. The van der Waals surface area contributed by atoms with Crippen LogP contribution in [0.15, 0.2) is 18.3 Å². The average Bonchev–Trinajstić information content (AvgIpc) is 2.91. The summed E-state index contributed by atoms with van der Waals surface area (Å²) >= 11 is 0. The highest BCUT2D eigenvalue weighted by Gasteiger charge is 2.44. The van der Waals surface area contributed by atoms with Gasteiger partial charge in [-0.2, -0.15) is 0 Å². The van der Waals surface area contributed by atoms with Crippen LogP contribution in [0.25, 0.3) is 0 Å². The third-order valence-corrected chi connectivity index (χ3v) is 5.09. The lowest BCUT2D eigenvalue weighted by molar-refractivity contribution is -0.132. The molecule has 1 unspecified atom stereocenters. The number of rotatable bonds is 4. The van der Waals surface area contributed by atoms with Crippen LogP contribution in [0.4, 0.5) is 0 Å². The molecule has 0 aromatic carbocycles. The molecule has 1 saturated heterocycles. The molecule has 3 rings (SSSR count). The number of aromatic nitrogens is 1. The van der Waals surface area contributed by atoms with E-state index in [1.807, 2.05) is 12.3 Å². The Hall–Kier alpha value is -1.22. The van der Waals surface area contributed by atoms with Crippen molar-refractivity contribution < 1.29 is 4.79 Å². The van der Waals surface area contributed by atoms with Gasteiger partial charge in [-0.05, 0) is 56.8 Å². The molecule has 1 aliphatic heterocycles. The van der Waals surface area contributed by atoms with Crippen LogP contribution >= 0.6 is 0 Å². The average molecular weight is 272 g/mol. The summed E-state index contributed by atoms with van der Waals surface area (Å²) in [7, 11) is 0. The third-order valence-electron chi connectivity index (χ3n) is 5.09. The van der Waals surface area contributed by atoms with Gasteiger partial charge in [0.15, 0.2) is 0 Å². The summed E-state index contributed by atoms with van der Waals surface area (Å²) in [6.07, 6.45) is 7.93. The molecule has 0 saturated carbocycles. The van der Waals surface area contributed by atoms with Crippen molar-refractivity contribution in [1.82, 2.24) is 10.3 Å². The molecule has 1 atom stereocenters. The number of hydrogen-bond acceptors (Lipinski definition) is 3. The summed E-state index contributed by atoms with van der Waals surface area (Å²) < 4.78 is 0. The van der Waals surface area contributed by atoms with Crippen molar-refractivity contribution >= 4 is 5.78 Å². The molecule has 0 radical (unpaired) electrons. The molecule has 1 N–H and O–H groups in total. The van der Waals surface area contributed by atoms with Gasteiger partial charge in [-0.3, -0.25) is 9.78 Å². The summed E-state index contributed by atoms with van der Waals surface area (Å²) in [6, 6.07) is 4.11. The second-order valence-corrected chi connectivity index (χ2v) is 6.28. The summed E-state index contributed by atoms with van der Waals surface area (Å²) in [6.45, 7) is 4.15. The van der Waals surface area contributed by atoms with Crippen LogP contribution in [0.5, 0.6) is 0 Å². The minimum atomic E-state index is -0.0935. The largest absolute Gasteiger partial charge is 0.317 e.